The number of nitrogens with one attached hydrogen (secondary N) is 1. The van der Waals surface area contributed by atoms with Gasteiger partial charge >= 0.3 is 0 Å². The summed E-state index contributed by atoms with van der Waals surface area (Å²) in [5, 5.41) is 3.66. The van der Waals surface area contributed by atoms with E-state index in [9.17, 15) is 4.79 Å². The Kier molecular flexibility index (Phi) is 5.94. The van der Waals surface area contributed by atoms with E-state index in [1.54, 1.807) is 14.0 Å². The number of carbonyl (C=O) groups is 1. The first-order valence-electron chi connectivity index (χ1n) is 9.27. The summed E-state index contributed by atoms with van der Waals surface area (Å²) in [6, 6.07) is 18.8. The molecule has 3 rings (SSSR count). The third-order valence-electron chi connectivity index (χ3n) is 5.41. The summed E-state index contributed by atoms with van der Waals surface area (Å²) in [6.45, 7) is 6.29. The average molecular weight is 352 g/mol. The van der Waals surface area contributed by atoms with Gasteiger partial charge < -0.3 is 15.0 Å². The molecule has 0 aliphatic carbocycles. The minimum Gasteiger partial charge on any atom is -0.496 e. The van der Waals surface area contributed by atoms with E-state index < -0.39 is 0 Å². The number of methoxy groups -OCH3 is 1. The van der Waals surface area contributed by atoms with Crippen LogP contribution in [0.4, 0.5) is 0 Å². The van der Waals surface area contributed by atoms with Crippen molar-refractivity contribution in [1.29, 1.82) is 0 Å². The number of likely N-dealkylation sites (tertiary alicyclic amines) is 1. The van der Waals surface area contributed by atoms with Gasteiger partial charge in [-0.3, -0.25) is 4.79 Å². The van der Waals surface area contributed by atoms with Crippen LogP contribution in [0.25, 0.3) is 0 Å². The molecule has 0 saturated carbocycles. The van der Waals surface area contributed by atoms with Gasteiger partial charge in [-0.05, 0) is 24.5 Å². The molecule has 3 atom stereocenters. The maximum absolute atomic E-state index is 11.9. The number of amides is 1. The Morgan fingerprint density at radius 2 is 1.85 bits per heavy atom. The first-order chi connectivity index (χ1) is 12.6. The number of para-hydroxylation sites is 1. The standard InChI is InChI=1S/C22H28N2O2/c1-16(20-11-7-8-12-22(20)26-3)23-13-19-14-24(17(2)25)15-21(19)18-9-5-4-6-10-18/h4-12,16,19,21,23H,13-15H2,1-3H3/t16-,19?,21?/m1/s1. The Bertz CT molecular complexity index is 732. The van der Waals surface area contributed by atoms with Crippen molar-refractivity contribution in [3.05, 3.63) is 65.7 Å². The predicted octanol–water partition coefficient (Wildman–Crippen LogP) is 3.61. The summed E-state index contributed by atoms with van der Waals surface area (Å²) in [7, 11) is 1.71. The van der Waals surface area contributed by atoms with Crippen molar-refractivity contribution in [3.63, 3.8) is 0 Å². The van der Waals surface area contributed by atoms with Crippen LogP contribution in [0.1, 0.15) is 36.9 Å². The first kappa shape index (κ1) is 18.5. The molecule has 138 valence electrons. The lowest BCUT2D eigenvalue weighted by atomic mass is 9.88. The van der Waals surface area contributed by atoms with E-state index in [2.05, 4.69) is 42.6 Å². The van der Waals surface area contributed by atoms with E-state index in [1.807, 2.05) is 29.2 Å². The van der Waals surface area contributed by atoms with E-state index in [0.717, 1.165) is 30.9 Å². The fourth-order valence-corrected chi connectivity index (χ4v) is 3.88. The molecular weight excluding hydrogens is 324 g/mol. The van der Waals surface area contributed by atoms with Crippen molar-refractivity contribution in [3.8, 4) is 5.75 Å². The number of rotatable bonds is 6. The third-order valence-corrected chi connectivity index (χ3v) is 5.41. The molecular formula is C22H28N2O2. The normalized spacial score (nSPS) is 20.8. The molecule has 2 unspecified atom stereocenters. The second-order valence-electron chi connectivity index (χ2n) is 7.07. The Hall–Kier alpha value is -2.33. The van der Waals surface area contributed by atoms with Gasteiger partial charge in [-0.1, -0.05) is 48.5 Å². The fraction of sp³-hybridized carbons (Fsp3) is 0.409. The summed E-state index contributed by atoms with van der Waals surface area (Å²) < 4.78 is 5.48. The topological polar surface area (TPSA) is 41.6 Å². The lowest BCUT2D eigenvalue weighted by Gasteiger charge is -2.23. The fourth-order valence-electron chi connectivity index (χ4n) is 3.88. The number of hydrogen-bond donors (Lipinski definition) is 1. The van der Waals surface area contributed by atoms with Gasteiger partial charge in [0.1, 0.15) is 5.75 Å². The largest absolute Gasteiger partial charge is 0.496 e. The van der Waals surface area contributed by atoms with Crippen molar-refractivity contribution in [2.45, 2.75) is 25.8 Å². The molecule has 4 heteroatoms. The number of nitrogens with zero attached hydrogens (tertiary/aromatic N) is 1. The van der Waals surface area contributed by atoms with E-state index in [4.69, 9.17) is 4.74 Å². The highest BCUT2D eigenvalue weighted by Crippen LogP contribution is 2.33. The monoisotopic (exact) mass is 352 g/mol. The van der Waals surface area contributed by atoms with E-state index in [1.165, 1.54) is 5.56 Å². The maximum Gasteiger partial charge on any atom is 0.219 e. The minimum absolute atomic E-state index is 0.159. The van der Waals surface area contributed by atoms with E-state index in [-0.39, 0.29) is 11.9 Å². The maximum atomic E-state index is 11.9. The highest BCUT2D eigenvalue weighted by molar-refractivity contribution is 5.73. The molecule has 2 aromatic rings. The van der Waals surface area contributed by atoms with Crippen molar-refractivity contribution in [2.75, 3.05) is 26.7 Å². The summed E-state index contributed by atoms with van der Waals surface area (Å²) in [5.74, 6) is 1.84. The molecule has 1 aliphatic rings. The molecule has 1 saturated heterocycles. The summed E-state index contributed by atoms with van der Waals surface area (Å²) in [4.78, 5) is 13.9. The van der Waals surface area contributed by atoms with Crippen LogP contribution in [0.15, 0.2) is 54.6 Å². The average Bonchev–Trinajstić information content (AvgIpc) is 3.11. The Morgan fingerprint density at radius 3 is 2.54 bits per heavy atom. The molecule has 1 amide bonds. The summed E-state index contributed by atoms with van der Waals surface area (Å²) in [6.07, 6.45) is 0. The molecule has 1 fully saturated rings. The Labute approximate surface area is 156 Å². The van der Waals surface area contributed by atoms with Gasteiger partial charge in [-0.2, -0.15) is 0 Å². The van der Waals surface area contributed by atoms with Gasteiger partial charge in [0, 0.05) is 44.1 Å². The van der Waals surface area contributed by atoms with Crippen molar-refractivity contribution >= 4 is 5.91 Å². The number of hydrogen-bond acceptors (Lipinski definition) is 3. The van der Waals surface area contributed by atoms with Crippen LogP contribution < -0.4 is 10.1 Å². The molecule has 4 nitrogen and oxygen atoms in total. The van der Waals surface area contributed by atoms with Gasteiger partial charge in [0.15, 0.2) is 0 Å². The molecule has 1 aliphatic heterocycles. The lowest BCUT2D eigenvalue weighted by molar-refractivity contribution is -0.127. The number of ether oxygens (including phenoxy) is 1. The van der Waals surface area contributed by atoms with Gasteiger partial charge in [-0.25, -0.2) is 0 Å². The van der Waals surface area contributed by atoms with E-state index >= 15 is 0 Å². The van der Waals surface area contributed by atoms with Gasteiger partial charge in [0.25, 0.3) is 0 Å². The SMILES string of the molecule is COc1ccccc1[C@@H](C)NCC1CN(C(C)=O)CC1c1ccccc1. The Morgan fingerprint density at radius 1 is 1.15 bits per heavy atom. The zero-order chi connectivity index (χ0) is 18.5. The zero-order valence-electron chi connectivity index (χ0n) is 15.8. The molecule has 1 N–H and O–H groups in total. The quantitative estimate of drug-likeness (QED) is 0.863. The number of benzene rings is 2. The van der Waals surface area contributed by atoms with Crippen LogP contribution >= 0.6 is 0 Å². The van der Waals surface area contributed by atoms with Gasteiger partial charge in [0.05, 0.1) is 7.11 Å². The highest BCUT2D eigenvalue weighted by Gasteiger charge is 2.34. The van der Waals surface area contributed by atoms with Crippen molar-refractivity contribution in [1.82, 2.24) is 10.2 Å². The second kappa shape index (κ2) is 8.37. The first-order valence-corrected chi connectivity index (χ1v) is 9.27. The molecule has 0 aromatic heterocycles. The highest BCUT2D eigenvalue weighted by atomic mass is 16.5. The van der Waals surface area contributed by atoms with E-state index in [0.29, 0.717) is 11.8 Å². The Balaban J connectivity index is 1.71. The second-order valence-corrected chi connectivity index (χ2v) is 7.07. The van der Waals surface area contributed by atoms with Crippen LogP contribution in [-0.2, 0) is 4.79 Å². The van der Waals surface area contributed by atoms with Crippen molar-refractivity contribution < 1.29 is 9.53 Å². The van der Waals surface area contributed by atoms with Crippen LogP contribution in [0.5, 0.6) is 5.75 Å². The van der Waals surface area contributed by atoms with Gasteiger partial charge in [-0.15, -0.1) is 0 Å². The number of carbonyl (C=O) groups excluding carboxylic acids is 1. The summed E-state index contributed by atoms with van der Waals surface area (Å²) >= 11 is 0. The van der Waals surface area contributed by atoms with Crippen molar-refractivity contribution in [2.24, 2.45) is 5.92 Å². The lowest BCUT2D eigenvalue weighted by Crippen LogP contribution is -2.31. The third kappa shape index (κ3) is 4.07. The molecule has 0 spiro atoms. The van der Waals surface area contributed by atoms with Crippen LogP contribution in [-0.4, -0.2) is 37.6 Å². The molecule has 26 heavy (non-hydrogen) atoms. The molecule has 2 aromatic carbocycles. The molecule has 1 heterocycles. The molecule has 0 radical (unpaired) electrons. The van der Waals surface area contributed by atoms with Crippen LogP contribution in [0, 0.1) is 5.92 Å². The zero-order valence-corrected chi connectivity index (χ0v) is 15.8. The predicted molar refractivity (Wildman–Crippen MR) is 104 cm³/mol. The summed E-state index contributed by atoms with van der Waals surface area (Å²) in [5.41, 5.74) is 2.47. The minimum atomic E-state index is 0.159. The van der Waals surface area contributed by atoms with Crippen LogP contribution in [0.3, 0.4) is 0 Å². The van der Waals surface area contributed by atoms with Crippen LogP contribution in [0.2, 0.25) is 0 Å². The smallest absolute Gasteiger partial charge is 0.219 e. The molecule has 0 bridgehead atoms. The van der Waals surface area contributed by atoms with Gasteiger partial charge in [0.2, 0.25) is 5.91 Å².